The van der Waals surface area contributed by atoms with E-state index in [4.69, 9.17) is 18.0 Å². The van der Waals surface area contributed by atoms with Gasteiger partial charge in [-0.2, -0.15) is 0 Å². The third-order valence-electron chi connectivity index (χ3n) is 3.25. The lowest BCUT2D eigenvalue weighted by Gasteiger charge is -2.33. The smallest absolute Gasteiger partial charge is 0.0870 e. The molecule has 0 radical (unpaired) electrons. The average Bonchev–Trinajstić information content (AvgIpc) is 2.27. The van der Waals surface area contributed by atoms with Crippen LogP contribution in [0.25, 0.3) is 0 Å². The molecule has 1 heterocycles. The summed E-state index contributed by atoms with van der Waals surface area (Å²) in [5.41, 5.74) is 5.62. The van der Waals surface area contributed by atoms with Gasteiger partial charge in [-0.3, -0.25) is 9.80 Å². The fourth-order valence-corrected chi connectivity index (χ4v) is 2.34. The minimum atomic E-state index is 0.608. The Morgan fingerprint density at radius 3 is 2.41 bits per heavy atom. The molecule has 0 aliphatic carbocycles. The van der Waals surface area contributed by atoms with Crippen molar-refractivity contribution in [3.8, 4) is 0 Å². The van der Waals surface area contributed by atoms with Gasteiger partial charge in [-0.05, 0) is 20.0 Å². The molecule has 2 N–H and O–H groups in total. The summed E-state index contributed by atoms with van der Waals surface area (Å²) in [6, 6.07) is 0. The Kier molecular flexibility index (Phi) is 6.96. The molecule has 17 heavy (non-hydrogen) atoms. The summed E-state index contributed by atoms with van der Waals surface area (Å²) in [6.07, 6.45) is 1.16. The zero-order chi connectivity index (χ0) is 12.7. The van der Waals surface area contributed by atoms with Crippen LogP contribution < -0.4 is 5.73 Å². The number of hydrogen-bond acceptors (Lipinski definition) is 4. The van der Waals surface area contributed by atoms with Crippen LogP contribution in [-0.4, -0.2) is 79.1 Å². The molecule has 0 aromatic carbocycles. The lowest BCUT2D eigenvalue weighted by Crippen LogP contribution is -2.47. The number of nitrogens with two attached hydrogens (primary N) is 1. The van der Waals surface area contributed by atoms with Crippen molar-refractivity contribution in [2.45, 2.75) is 13.3 Å². The second-order valence-corrected chi connectivity index (χ2v) is 5.41. The second-order valence-electron chi connectivity index (χ2n) is 4.89. The molecule has 1 fully saturated rings. The summed E-state index contributed by atoms with van der Waals surface area (Å²) in [6.45, 7) is 11.0. The fraction of sp³-hybridized carbons (Fsp3) is 0.917. The third kappa shape index (κ3) is 6.31. The van der Waals surface area contributed by atoms with Gasteiger partial charge in [0.2, 0.25) is 0 Å². The van der Waals surface area contributed by atoms with Gasteiger partial charge in [0.25, 0.3) is 0 Å². The second kappa shape index (κ2) is 7.97. The van der Waals surface area contributed by atoms with Crippen LogP contribution in [0, 0.1) is 0 Å². The van der Waals surface area contributed by atoms with Gasteiger partial charge in [-0.1, -0.05) is 19.1 Å². The monoisotopic (exact) mass is 258 g/mol. The molecule has 1 aliphatic heterocycles. The number of nitrogens with zero attached hydrogens (tertiary/aromatic N) is 3. The van der Waals surface area contributed by atoms with Crippen LogP contribution in [0.5, 0.6) is 0 Å². The van der Waals surface area contributed by atoms with E-state index in [1.807, 2.05) is 0 Å². The van der Waals surface area contributed by atoms with Gasteiger partial charge >= 0.3 is 0 Å². The first-order chi connectivity index (χ1) is 8.11. The zero-order valence-corrected chi connectivity index (χ0v) is 12.0. The van der Waals surface area contributed by atoms with Crippen LogP contribution in [0.3, 0.4) is 0 Å². The zero-order valence-electron chi connectivity index (χ0n) is 11.2. The van der Waals surface area contributed by atoms with Gasteiger partial charge in [0.1, 0.15) is 0 Å². The minimum Gasteiger partial charge on any atom is -0.392 e. The molecule has 5 heteroatoms. The van der Waals surface area contributed by atoms with E-state index in [1.165, 1.54) is 26.2 Å². The normalized spacial score (nSPS) is 18.8. The van der Waals surface area contributed by atoms with E-state index in [2.05, 4.69) is 28.7 Å². The SMILES string of the molecule is CCCN(CCN1CCN(C)CC1)CC(N)=S. The van der Waals surface area contributed by atoms with Crippen molar-refractivity contribution in [3.63, 3.8) is 0 Å². The topological polar surface area (TPSA) is 35.7 Å². The highest BCUT2D eigenvalue weighted by molar-refractivity contribution is 7.80. The highest BCUT2D eigenvalue weighted by Crippen LogP contribution is 2.00. The maximum atomic E-state index is 5.62. The van der Waals surface area contributed by atoms with Crippen molar-refractivity contribution >= 4 is 17.2 Å². The van der Waals surface area contributed by atoms with Crippen molar-refractivity contribution in [3.05, 3.63) is 0 Å². The van der Waals surface area contributed by atoms with E-state index in [0.29, 0.717) is 4.99 Å². The molecule has 0 aromatic rings. The first-order valence-electron chi connectivity index (χ1n) is 6.53. The van der Waals surface area contributed by atoms with E-state index in [1.54, 1.807) is 0 Å². The Labute approximate surface area is 111 Å². The third-order valence-corrected chi connectivity index (χ3v) is 3.38. The van der Waals surface area contributed by atoms with Crippen molar-refractivity contribution in [1.82, 2.24) is 14.7 Å². The number of likely N-dealkylation sites (N-methyl/N-ethyl adjacent to an activating group) is 1. The quantitative estimate of drug-likeness (QED) is 0.662. The van der Waals surface area contributed by atoms with E-state index < -0.39 is 0 Å². The van der Waals surface area contributed by atoms with Crippen LogP contribution in [0.1, 0.15) is 13.3 Å². The number of piperazine rings is 1. The molecule has 0 bridgehead atoms. The molecular weight excluding hydrogens is 232 g/mol. The largest absolute Gasteiger partial charge is 0.392 e. The maximum Gasteiger partial charge on any atom is 0.0870 e. The molecule has 0 unspecified atom stereocenters. The van der Waals surface area contributed by atoms with Crippen LogP contribution in [-0.2, 0) is 0 Å². The van der Waals surface area contributed by atoms with E-state index >= 15 is 0 Å². The fourth-order valence-electron chi connectivity index (χ4n) is 2.16. The summed E-state index contributed by atoms with van der Waals surface area (Å²) < 4.78 is 0. The lowest BCUT2D eigenvalue weighted by atomic mass is 10.3. The van der Waals surface area contributed by atoms with E-state index in [0.717, 1.165) is 32.6 Å². The Morgan fingerprint density at radius 2 is 1.88 bits per heavy atom. The molecule has 0 atom stereocenters. The molecule has 0 aromatic heterocycles. The van der Waals surface area contributed by atoms with Gasteiger partial charge in [-0.15, -0.1) is 0 Å². The maximum absolute atomic E-state index is 5.62. The highest BCUT2D eigenvalue weighted by Gasteiger charge is 2.14. The Hall–Kier alpha value is -0.230. The summed E-state index contributed by atoms with van der Waals surface area (Å²) in [7, 11) is 2.19. The van der Waals surface area contributed by atoms with Gasteiger partial charge < -0.3 is 10.6 Å². The van der Waals surface area contributed by atoms with Gasteiger partial charge in [0, 0.05) is 45.8 Å². The van der Waals surface area contributed by atoms with Crippen LogP contribution in [0.4, 0.5) is 0 Å². The predicted molar refractivity (Wildman–Crippen MR) is 77.5 cm³/mol. The van der Waals surface area contributed by atoms with E-state index in [-0.39, 0.29) is 0 Å². The number of hydrogen-bond donors (Lipinski definition) is 1. The summed E-state index contributed by atoms with van der Waals surface area (Å²) in [5, 5.41) is 0. The molecular formula is C12H26N4S. The van der Waals surface area contributed by atoms with E-state index in [9.17, 15) is 0 Å². The Morgan fingerprint density at radius 1 is 1.24 bits per heavy atom. The Balaban J connectivity index is 2.23. The average molecular weight is 258 g/mol. The summed E-state index contributed by atoms with van der Waals surface area (Å²) >= 11 is 4.99. The molecule has 1 rings (SSSR count). The van der Waals surface area contributed by atoms with Crippen molar-refractivity contribution in [2.75, 3.05) is 59.4 Å². The van der Waals surface area contributed by atoms with Crippen molar-refractivity contribution in [2.24, 2.45) is 5.73 Å². The number of rotatable bonds is 7. The molecule has 4 nitrogen and oxygen atoms in total. The first kappa shape index (κ1) is 14.8. The number of thiocarbonyl (C=S) groups is 1. The standard InChI is InChI=1S/C12H26N4S/c1-3-4-16(11-12(13)17)10-9-15-7-5-14(2)6-8-15/h3-11H2,1-2H3,(H2,13,17). The van der Waals surface area contributed by atoms with Crippen LogP contribution >= 0.6 is 12.2 Å². The lowest BCUT2D eigenvalue weighted by molar-refractivity contribution is 0.139. The molecule has 1 saturated heterocycles. The molecule has 0 saturated carbocycles. The van der Waals surface area contributed by atoms with Crippen LogP contribution in [0.15, 0.2) is 0 Å². The highest BCUT2D eigenvalue weighted by atomic mass is 32.1. The van der Waals surface area contributed by atoms with Crippen LogP contribution in [0.2, 0.25) is 0 Å². The molecule has 0 amide bonds. The minimum absolute atomic E-state index is 0.608. The first-order valence-corrected chi connectivity index (χ1v) is 6.94. The molecule has 1 aliphatic rings. The van der Waals surface area contributed by atoms with Gasteiger partial charge in [0.05, 0.1) is 4.99 Å². The predicted octanol–water partition coefficient (Wildman–Crippen LogP) is 0.232. The Bertz CT molecular complexity index is 227. The summed E-state index contributed by atoms with van der Waals surface area (Å²) in [5.74, 6) is 0. The van der Waals surface area contributed by atoms with Gasteiger partial charge in [-0.25, -0.2) is 0 Å². The molecule has 0 spiro atoms. The van der Waals surface area contributed by atoms with Gasteiger partial charge in [0.15, 0.2) is 0 Å². The summed E-state index contributed by atoms with van der Waals surface area (Å²) in [4.78, 5) is 7.88. The van der Waals surface area contributed by atoms with Crippen molar-refractivity contribution < 1.29 is 0 Å². The molecule has 100 valence electrons. The van der Waals surface area contributed by atoms with Crippen molar-refractivity contribution in [1.29, 1.82) is 0 Å².